The Morgan fingerprint density at radius 1 is 1.12 bits per heavy atom. The van der Waals surface area contributed by atoms with E-state index in [9.17, 15) is 9.59 Å². The minimum absolute atomic E-state index is 0.0105. The van der Waals surface area contributed by atoms with Gasteiger partial charge in [0, 0.05) is 32.8 Å². The molecule has 0 radical (unpaired) electrons. The topological polar surface area (TPSA) is 87.9 Å². The first-order chi connectivity index (χ1) is 12.5. The van der Waals surface area contributed by atoms with E-state index in [-0.39, 0.29) is 17.4 Å². The number of primary amides is 1. The van der Waals surface area contributed by atoms with Gasteiger partial charge < -0.3 is 25.6 Å². The van der Waals surface area contributed by atoms with Crippen molar-refractivity contribution in [1.29, 1.82) is 0 Å². The SMILES string of the molecule is COCCNC(=O)N1CCC(N2CCC(CC3CC3)(C(N)=O)CC2)CC1. The van der Waals surface area contributed by atoms with Gasteiger partial charge in [-0.2, -0.15) is 0 Å². The first-order valence-corrected chi connectivity index (χ1v) is 10.1. The maximum Gasteiger partial charge on any atom is 0.317 e. The first kappa shape index (κ1) is 19.4. The number of likely N-dealkylation sites (tertiary alicyclic amines) is 2. The number of urea groups is 1. The van der Waals surface area contributed by atoms with Crippen LogP contribution in [0.2, 0.25) is 0 Å². The molecule has 0 spiro atoms. The van der Waals surface area contributed by atoms with Gasteiger partial charge in [-0.15, -0.1) is 0 Å². The molecular weight excluding hydrogens is 332 g/mol. The average molecular weight is 367 g/mol. The highest BCUT2D eigenvalue weighted by Crippen LogP contribution is 2.46. The lowest BCUT2D eigenvalue weighted by molar-refractivity contribution is -0.132. The molecule has 2 heterocycles. The molecular formula is C19H34N4O3. The molecule has 0 aromatic heterocycles. The molecule has 3 aliphatic rings. The van der Waals surface area contributed by atoms with Crippen LogP contribution in [0.4, 0.5) is 4.79 Å². The molecule has 2 saturated heterocycles. The van der Waals surface area contributed by atoms with Crippen molar-refractivity contribution in [3.63, 3.8) is 0 Å². The van der Waals surface area contributed by atoms with Crippen molar-refractivity contribution in [2.24, 2.45) is 17.1 Å². The van der Waals surface area contributed by atoms with E-state index in [1.165, 1.54) is 12.8 Å². The molecule has 0 aromatic carbocycles. The van der Waals surface area contributed by atoms with Crippen LogP contribution in [-0.2, 0) is 9.53 Å². The maximum atomic E-state index is 12.1. The highest BCUT2D eigenvalue weighted by atomic mass is 16.5. The Morgan fingerprint density at radius 2 is 1.77 bits per heavy atom. The van der Waals surface area contributed by atoms with Crippen LogP contribution >= 0.6 is 0 Å². The number of rotatable bonds is 7. The fourth-order valence-corrected chi connectivity index (χ4v) is 4.55. The van der Waals surface area contributed by atoms with Gasteiger partial charge in [-0.25, -0.2) is 4.79 Å². The van der Waals surface area contributed by atoms with Crippen LogP contribution in [0, 0.1) is 11.3 Å². The third-order valence-corrected chi connectivity index (χ3v) is 6.50. The Balaban J connectivity index is 1.43. The number of ether oxygens (including phenoxy) is 1. The normalized spacial score (nSPS) is 24.4. The van der Waals surface area contributed by atoms with Crippen LogP contribution in [0.3, 0.4) is 0 Å². The predicted octanol–water partition coefficient (Wildman–Crippen LogP) is 1.17. The monoisotopic (exact) mass is 366 g/mol. The summed E-state index contributed by atoms with van der Waals surface area (Å²) in [6, 6.07) is 0.529. The van der Waals surface area contributed by atoms with Crippen LogP contribution in [0.25, 0.3) is 0 Å². The Bertz CT molecular complexity index is 493. The van der Waals surface area contributed by atoms with Crippen LogP contribution in [-0.4, -0.2) is 74.2 Å². The lowest BCUT2D eigenvalue weighted by Gasteiger charge is -2.45. The van der Waals surface area contributed by atoms with E-state index in [0.29, 0.717) is 19.2 Å². The third kappa shape index (κ3) is 4.68. The quantitative estimate of drug-likeness (QED) is 0.662. The van der Waals surface area contributed by atoms with Crippen molar-refractivity contribution < 1.29 is 14.3 Å². The summed E-state index contributed by atoms with van der Waals surface area (Å²) in [5.41, 5.74) is 5.52. The van der Waals surface area contributed by atoms with Gasteiger partial charge in [0.25, 0.3) is 0 Å². The second-order valence-electron chi connectivity index (χ2n) is 8.27. The van der Waals surface area contributed by atoms with E-state index >= 15 is 0 Å². The van der Waals surface area contributed by atoms with Gasteiger partial charge in [-0.1, -0.05) is 12.8 Å². The summed E-state index contributed by atoms with van der Waals surface area (Å²) in [5, 5.41) is 2.89. The number of hydrogen-bond acceptors (Lipinski definition) is 4. The predicted molar refractivity (Wildman–Crippen MR) is 99.6 cm³/mol. The van der Waals surface area contributed by atoms with Gasteiger partial charge >= 0.3 is 6.03 Å². The summed E-state index contributed by atoms with van der Waals surface area (Å²) in [4.78, 5) is 28.6. The van der Waals surface area contributed by atoms with Crippen molar-refractivity contribution >= 4 is 11.9 Å². The van der Waals surface area contributed by atoms with Crippen molar-refractivity contribution in [3.05, 3.63) is 0 Å². The molecule has 26 heavy (non-hydrogen) atoms. The number of piperidine rings is 2. The number of nitrogens with one attached hydrogen (secondary N) is 1. The third-order valence-electron chi connectivity index (χ3n) is 6.50. The molecule has 2 aliphatic heterocycles. The van der Waals surface area contributed by atoms with E-state index in [0.717, 1.165) is 64.2 Å². The largest absolute Gasteiger partial charge is 0.383 e. The number of carbonyl (C=O) groups is 2. The molecule has 0 bridgehead atoms. The summed E-state index contributed by atoms with van der Waals surface area (Å²) in [7, 11) is 1.63. The number of methoxy groups -OCH3 is 1. The summed E-state index contributed by atoms with van der Waals surface area (Å²) in [6.07, 6.45) is 7.34. The second-order valence-corrected chi connectivity index (χ2v) is 8.27. The lowest BCUT2D eigenvalue weighted by Crippen LogP contribution is -2.54. The summed E-state index contributed by atoms with van der Waals surface area (Å²) in [5.74, 6) is 0.639. The van der Waals surface area contributed by atoms with Crippen molar-refractivity contribution in [2.45, 2.75) is 51.0 Å². The fourth-order valence-electron chi connectivity index (χ4n) is 4.55. The number of hydrogen-bond donors (Lipinski definition) is 2. The summed E-state index contributed by atoms with van der Waals surface area (Å²) in [6.45, 7) is 4.60. The van der Waals surface area contributed by atoms with E-state index in [1.54, 1.807) is 7.11 Å². The van der Waals surface area contributed by atoms with Crippen LogP contribution < -0.4 is 11.1 Å². The molecule has 3 rings (SSSR count). The minimum atomic E-state index is -0.264. The van der Waals surface area contributed by atoms with E-state index < -0.39 is 0 Å². The van der Waals surface area contributed by atoms with E-state index in [2.05, 4.69) is 10.2 Å². The number of nitrogens with two attached hydrogens (primary N) is 1. The Hall–Kier alpha value is -1.34. The molecule has 0 atom stereocenters. The van der Waals surface area contributed by atoms with Crippen LogP contribution in [0.1, 0.15) is 44.9 Å². The Kier molecular flexibility index (Phi) is 6.40. The van der Waals surface area contributed by atoms with Crippen molar-refractivity contribution in [3.8, 4) is 0 Å². The van der Waals surface area contributed by atoms with Gasteiger partial charge in [0.15, 0.2) is 0 Å². The molecule has 148 valence electrons. The average Bonchev–Trinajstić information content (AvgIpc) is 3.46. The highest BCUT2D eigenvalue weighted by Gasteiger charge is 2.44. The number of nitrogens with zero attached hydrogens (tertiary/aromatic N) is 2. The Labute approximate surface area is 156 Å². The van der Waals surface area contributed by atoms with Gasteiger partial charge in [0.1, 0.15) is 0 Å². The molecule has 3 amide bonds. The molecule has 7 heteroatoms. The fraction of sp³-hybridized carbons (Fsp3) is 0.895. The zero-order valence-corrected chi connectivity index (χ0v) is 16.0. The maximum absolute atomic E-state index is 12.1. The number of amides is 3. The smallest absolute Gasteiger partial charge is 0.317 e. The summed E-state index contributed by atoms with van der Waals surface area (Å²) >= 11 is 0. The highest BCUT2D eigenvalue weighted by molar-refractivity contribution is 5.81. The second kappa shape index (κ2) is 8.57. The number of carbonyl (C=O) groups excluding carboxylic acids is 2. The summed E-state index contributed by atoms with van der Waals surface area (Å²) < 4.78 is 4.96. The van der Waals surface area contributed by atoms with Gasteiger partial charge in [0.05, 0.1) is 12.0 Å². The molecule has 0 aromatic rings. The molecule has 3 N–H and O–H groups in total. The molecule has 1 aliphatic carbocycles. The zero-order valence-electron chi connectivity index (χ0n) is 16.0. The van der Waals surface area contributed by atoms with Gasteiger partial charge in [0.2, 0.25) is 5.91 Å². The molecule has 7 nitrogen and oxygen atoms in total. The minimum Gasteiger partial charge on any atom is -0.383 e. The van der Waals surface area contributed by atoms with E-state index in [4.69, 9.17) is 10.5 Å². The zero-order chi connectivity index (χ0) is 18.6. The van der Waals surface area contributed by atoms with E-state index in [1.807, 2.05) is 4.90 Å². The van der Waals surface area contributed by atoms with Gasteiger partial charge in [-0.05, 0) is 51.1 Å². The molecule has 0 unspecified atom stereocenters. The first-order valence-electron chi connectivity index (χ1n) is 10.1. The van der Waals surface area contributed by atoms with Crippen molar-refractivity contribution in [1.82, 2.24) is 15.1 Å². The van der Waals surface area contributed by atoms with Gasteiger partial charge in [-0.3, -0.25) is 4.79 Å². The van der Waals surface area contributed by atoms with Crippen LogP contribution in [0.15, 0.2) is 0 Å². The Morgan fingerprint density at radius 3 is 2.31 bits per heavy atom. The van der Waals surface area contributed by atoms with Crippen molar-refractivity contribution in [2.75, 3.05) is 46.4 Å². The molecule has 1 saturated carbocycles. The lowest BCUT2D eigenvalue weighted by atomic mass is 9.73. The standard InChI is InChI=1S/C19H34N4O3/c1-26-13-8-21-18(25)23-9-4-16(5-10-23)22-11-6-19(7-12-22,17(20)24)14-15-2-3-15/h15-16H,2-14H2,1H3,(H2,20,24)(H,21,25). The molecule has 3 fully saturated rings. The van der Waals surface area contributed by atoms with Crippen LogP contribution in [0.5, 0.6) is 0 Å².